The molecule has 15 heavy (non-hydrogen) atoms. The summed E-state index contributed by atoms with van der Waals surface area (Å²) >= 11 is 0. The average Bonchev–Trinajstić information content (AvgIpc) is 2.02. The molecular weight excluding hydrogens is 228 g/mol. The number of unbranched alkanes of at least 4 members (excludes halogenated alkanes) is 1. The molecule has 0 aromatic carbocycles. The van der Waals surface area contributed by atoms with Gasteiger partial charge in [0.2, 0.25) is 0 Å². The molecule has 0 saturated heterocycles. The van der Waals surface area contributed by atoms with E-state index in [9.17, 15) is 14.4 Å². The number of Topliss-reactive ketones (excluding diaryl/α,β-unsaturated/α-hetero) is 1. The van der Waals surface area contributed by atoms with E-state index in [1.54, 1.807) is 0 Å². The van der Waals surface area contributed by atoms with Gasteiger partial charge in [-0.1, -0.05) is 0 Å². The number of hydrogen-bond acceptors (Lipinski definition) is 5. The van der Waals surface area contributed by atoms with E-state index in [1.165, 1.54) is 6.92 Å². The van der Waals surface area contributed by atoms with Crippen LogP contribution < -0.4 is 0 Å². The van der Waals surface area contributed by atoms with Crippen LogP contribution in [0.15, 0.2) is 0 Å². The molecule has 6 heteroatoms. The minimum Gasteiger partial charge on any atom is -1.00 e. The molecule has 0 aromatic rings. The number of aliphatic hydroxyl groups excluding tert-OH is 1. The Hall–Kier alpha value is 0.0297. The summed E-state index contributed by atoms with van der Waals surface area (Å²) in [6.45, 7) is 1.26. The zero-order chi connectivity index (χ0) is 11.0. The van der Waals surface area contributed by atoms with Crippen LogP contribution in [0.25, 0.3) is 0 Å². The van der Waals surface area contributed by atoms with Gasteiger partial charge in [-0.3, -0.25) is 14.4 Å². The second-order valence-corrected chi connectivity index (χ2v) is 2.91. The van der Waals surface area contributed by atoms with Crippen LogP contribution in [-0.4, -0.2) is 67.2 Å². The molecule has 0 aliphatic carbocycles. The number of carbonyl (C=O) groups excluding carboxylic acids is 3. The van der Waals surface area contributed by atoms with Crippen molar-refractivity contribution >= 4 is 55.5 Å². The molecule has 0 bridgehead atoms. The van der Waals surface area contributed by atoms with Crippen LogP contribution in [0, 0.1) is 0 Å². The number of aliphatic hydroxyl groups is 1. The molecule has 0 aromatic heterocycles. The van der Waals surface area contributed by atoms with Crippen LogP contribution in [0.1, 0.15) is 35.5 Å². The van der Waals surface area contributed by atoms with E-state index in [-0.39, 0.29) is 65.8 Å². The molecule has 0 aliphatic rings. The van der Waals surface area contributed by atoms with E-state index >= 15 is 0 Å². The van der Waals surface area contributed by atoms with E-state index in [0.717, 1.165) is 0 Å². The van der Waals surface area contributed by atoms with Gasteiger partial charge in [0.25, 0.3) is 0 Å². The summed E-state index contributed by atoms with van der Waals surface area (Å²) in [5.41, 5.74) is 0. The topological polar surface area (TPSA) is 80.7 Å². The molecule has 1 N–H and O–H groups in total. The average molecular weight is 244 g/mol. The standard InChI is InChI=1S/C9H14O5.Ca.2H/c1-7(11)6-9(13)14-8(12)4-2-3-5-10;;;/h10H,2-6H2,1H3;;;/q;+2;2*-1. The van der Waals surface area contributed by atoms with E-state index in [0.29, 0.717) is 12.8 Å². The van der Waals surface area contributed by atoms with Gasteiger partial charge in [0.05, 0.1) is 0 Å². The van der Waals surface area contributed by atoms with E-state index in [2.05, 4.69) is 4.74 Å². The Balaban J connectivity index is -0.000000282. The van der Waals surface area contributed by atoms with Crippen molar-refractivity contribution in [1.82, 2.24) is 0 Å². The summed E-state index contributed by atoms with van der Waals surface area (Å²) in [7, 11) is 0. The maximum Gasteiger partial charge on any atom is 2.00 e. The monoisotopic (exact) mass is 244 g/mol. The molecule has 0 unspecified atom stereocenters. The summed E-state index contributed by atoms with van der Waals surface area (Å²) in [6.07, 6.45) is 0.689. The number of ether oxygens (including phenoxy) is 1. The first kappa shape index (κ1) is 17.4. The van der Waals surface area contributed by atoms with Gasteiger partial charge in [0.15, 0.2) is 0 Å². The predicted molar refractivity (Wildman–Crippen MR) is 55.3 cm³/mol. The molecule has 0 spiro atoms. The van der Waals surface area contributed by atoms with Crippen molar-refractivity contribution in [1.29, 1.82) is 0 Å². The third-order valence-electron chi connectivity index (χ3n) is 1.41. The van der Waals surface area contributed by atoms with Crippen LogP contribution in [0.3, 0.4) is 0 Å². The Bertz CT molecular complexity index is 235. The first-order valence-electron chi connectivity index (χ1n) is 4.40. The van der Waals surface area contributed by atoms with Gasteiger partial charge in [-0.05, 0) is 19.8 Å². The van der Waals surface area contributed by atoms with E-state index in [4.69, 9.17) is 5.11 Å². The van der Waals surface area contributed by atoms with Crippen molar-refractivity contribution in [2.75, 3.05) is 6.61 Å². The van der Waals surface area contributed by atoms with Gasteiger partial charge in [0.1, 0.15) is 12.2 Å². The summed E-state index contributed by atoms with van der Waals surface area (Å²) in [4.78, 5) is 32.1. The third kappa shape index (κ3) is 12.0. The minimum absolute atomic E-state index is 0. The second-order valence-electron chi connectivity index (χ2n) is 2.91. The molecule has 0 heterocycles. The van der Waals surface area contributed by atoms with Gasteiger partial charge in [0, 0.05) is 13.0 Å². The first-order chi connectivity index (χ1) is 6.56. The summed E-state index contributed by atoms with van der Waals surface area (Å²) in [5, 5.41) is 8.42. The number of carbonyl (C=O) groups is 3. The molecule has 84 valence electrons. The van der Waals surface area contributed by atoms with Crippen molar-refractivity contribution in [2.45, 2.75) is 32.6 Å². The normalized spacial score (nSPS) is 8.93. The van der Waals surface area contributed by atoms with Crippen molar-refractivity contribution < 1.29 is 27.1 Å². The number of hydrogen-bond donors (Lipinski definition) is 1. The van der Waals surface area contributed by atoms with E-state index < -0.39 is 11.9 Å². The molecule has 0 fully saturated rings. The van der Waals surface area contributed by atoms with Gasteiger partial charge >= 0.3 is 49.7 Å². The Morgan fingerprint density at radius 1 is 1.20 bits per heavy atom. The minimum atomic E-state index is -0.813. The summed E-state index contributed by atoms with van der Waals surface area (Å²) in [6, 6.07) is 0. The largest absolute Gasteiger partial charge is 2.00 e. The fraction of sp³-hybridized carbons (Fsp3) is 0.667. The summed E-state index contributed by atoms with van der Waals surface area (Å²) in [5.74, 6) is -1.80. The zero-order valence-corrected chi connectivity index (χ0v) is 11.0. The molecule has 0 atom stereocenters. The van der Waals surface area contributed by atoms with E-state index in [1.807, 2.05) is 0 Å². The van der Waals surface area contributed by atoms with Crippen molar-refractivity contribution in [3.05, 3.63) is 0 Å². The number of esters is 2. The summed E-state index contributed by atoms with van der Waals surface area (Å²) < 4.78 is 4.33. The third-order valence-corrected chi connectivity index (χ3v) is 1.41. The molecule has 0 saturated carbocycles. The number of rotatable bonds is 6. The van der Waals surface area contributed by atoms with Crippen molar-refractivity contribution in [3.8, 4) is 0 Å². The predicted octanol–water partition coefficient (Wildman–Crippen LogP) is 0.0421. The molecular formula is C9H16CaO5. The molecule has 5 nitrogen and oxygen atoms in total. The fourth-order valence-corrected chi connectivity index (χ4v) is 0.798. The molecule has 0 radical (unpaired) electrons. The molecule has 0 amide bonds. The maximum atomic E-state index is 10.9. The Labute approximate surface area is 121 Å². The van der Waals surface area contributed by atoms with Gasteiger partial charge in [-0.15, -0.1) is 0 Å². The van der Waals surface area contributed by atoms with Gasteiger partial charge in [-0.2, -0.15) is 0 Å². The Morgan fingerprint density at radius 2 is 1.80 bits per heavy atom. The Morgan fingerprint density at radius 3 is 2.27 bits per heavy atom. The van der Waals surface area contributed by atoms with Crippen LogP contribution in [0.2, 0.25) is 0 Å². The van der Waals surface area contributed by atoms with Gasteiger partial charge < -0.3 is 12.7 Å². The number of ketones is 1. The molecule has 0 rings (SSSR count). The maximum absolute atomic E-state index is 10.9. The van der Waals surface area contributed by atoms with Crippen LogP contribution in [0.4, 0.5) is 0 Å². The fourth-order valence-electron chi connectivity index (χ4n) is 0.798. The van der Waals surface area contributed by atoms with Crippen molar-refractivity contribution in [2.24, 2.45) is 0 Å². The smallest absolute Gasteiger partial charge is 1.00 e. The van der Waals surface area contributed by atoms with Crippen LogP contribution in [-0.2, 0) is 19.1 Å². The van der Waals surface area contributed by atoms with Gasteiger partial charge in [-0.25, -0.2) is 0 Å². The second kappa shape index (κ2) is 10.5. The van der Waals surface area contributed by atoms with Crippen molar-refractivity contribution in [3.63, 3.8) is 0 Å². The van der Waals surface area contributed by atoms with Crippen LogP contribution >= 0.6 is 0 Å². The van der Waals surface area contributed by atoms with Crippen LogP contribution in [0.5, 0.6) is 0 Å². The zero-order valence-electron chi connectivity index (χ0n) is 10.8. The molecule has 0 aliphatic heterocycles. The first-order valence-corrected chi connectivity index (χ1v) is 4.40. The SMILES string of the molecule is CC(=O)CC(=O)OC(=O)CCCCO.[Ca+2].[H-].[H-]. The Kier molecular flexibility index (Phi) is 12.2. The quantitative estimate of drug-likeness (QED) is 0.309.